The van der Waals surface area contributed by atoms with Crippen LogP contribution in [-0.2, 0) is 0 Å². The van der Waals surface area contributed by atoms with Crippen LogP contribution in [0.15, 0.2) is 49.1 Å². The highest BCUT2D eigenvalue weighted by molar-refractivity contribution is 5.09. The minimum Gasteiger partial charge on any atom is -0.394 e. The summed E-state index contributed by atoms with van der Waals surface area (Å²) in [6, 6.07) is 0. The van der Waals surface area contributed by atoms with Gasteiger partial charge in [0.1, 0.15) is 0 Å². The summed E-state index contributed by atoms with van der Waals surface area (Å²) >= 11 is 0. The van der Waals surface area contributed by atoms with Crippen molar-refractivity contribution in [1.29, 1.82) is 0 Å². The molecule has 0 radical (unpaired) electrons. The molecule has 1 aliphatic carbocycles. The molecule has 0 bridgehead atoms. The summed E-state index contributed by atoms with van der Waals surface area (Å²) < 4.78 is 0. The van der Waals surface area contributed by atoms with Gasteiger partial charge in [-0.15, -0.1) is 13.2 Å². The maximum Gasteiger partial charge on any atom is 0.0662 e. The summed E-state index contributed by atoms with van der Waals surface area (Å²) in [5.41, 5.74) is 2.90. The third kappa shape index (κ3) is 22.1. The Labute approximate surface area is 126 Å². The Bertz CT molecular complexity index is 257. The molecule has 0 amide bonds. The van der Waals surface area contributed by atoms with Gasteiger partial charge < -0.3 is 10.2 Å². The van der Waals surface area contributed by atoms with Crippen molar-refractivity contribution in [3.8, 4) is 0 Å². The Morgan fingerprint density at radius 1 is 1.25 bits per heavy atom. The zero-order valence-electron chi connectivity index (χ0n) is 13.9. The summed E-state index contributed by atoms with van der Waals surface area (Å²) in [5.74, 6) is 0.767. The fraction of sp³-hybridized carbons (Fsp3) is 0.556. The van der Waals surface area contributed by atoms with Gasteiger partial charge in [0.2, 0.25) is 0 Å². The molecule has 0 spiro atoms. The van der Waals surface area contributed by atoms with Gasteiger partial charge >= 0.3 is 0 Å². The zero-order valence-corrected chi connectivity index (χ0v) is 13.9. The van der Waals surface area contributed by atoms with Crippen molar-refractivity contribution in [2.24, 2.45) is 5.92 Å². The van der Waals surface area contributed by atoms with E-state index in [1.54, 1.807) is 17.7 Å². The van der Waals surface area contributed by atoms with Gasteiger partial charge in [0, 0.05) is 0 Å². The highest BCUT2D eigenvalue weighted by atomic mass is 16.3. The van der Waals surface area contributed by atoms with Crippen LogP contribution in [-0.4, -0.2) is 23.4 Å². The van der Waals surface area contributed by atoms with E-state index in [-0.39, 0.29) is 13.2 Å². The molecule has 1 atom stereocenters. The average molecular weight is 282 g/mol. The highest BCUT2D eigenvalue weighted by Gasteiger charge is 2.11. The first kappa shape index (κ1) is 23.9. The van der Waals surface area contributed by atoms with Crippen LogP contribution < -0.4 is 0 Å². The quantitative estimate of drug-likeness (QED) is 0.723. The first-order chi connectivity index (χ1) is 9.44. The maximum absolute atomic E-state index is 7.62. The van der Waals surface area contributed by atoms with Crippen LogP contribution in [0.3, 0.4) is 0 Å². The molecule has 1 rings (SSSR count). The predicted octanol–water partition coefficient (Wildman–Crippen LogP) is 4.66. The Kier molecular flexibility index (Phi) is 24.2. The number of aliphatic hydroxyl groups is 2. The first-order valence-electron chi connectivity index (χ1n) is 7.11. The summed E-state index contributed by atoms with van der Waals surface area (Å²) in [7, 11) is 0. The number of hydrogen-bond donors (Lipinski definition) is 2. The van der Waals surface area contributed by atoms with Gasteiger partial charge in [0.15, 0.2) is 0 Å². The van der Waals surface area contributed by atoms with Crippen LogP contribution in [0.5, 0.6) is 0 Å². The van der Waals surface area contributed by atoms with E-state index in [0.717, 1.165) is 5.92 Å². The van der Waals surface area contributed by atoms with Crippen LogP contribution in [0.2, 0.25) is 0 Å². The molecule has 118 valence electrons. The second kappa shape index (κ2) is 20.2. The lowest BCUT2D eigenvalue weighted by Crippen LogP contribution is -2.04. The molecule has 0 fully saturated rings. The minimum absolute atomic E-state index is 0.125. The van der Waals surface area contributed by atoms with Gasteiger partial charge in [-0.05, 0) is 52.9 Å². The third-order valence-corrected chi connectivity index (χ3v) is 2.43. The van der Waals surface area contributed by atoms with E-state index < -0.39 is 0 Å². The second-order valence-electron chi connectivity index (χ2n) is 4.63. The molecule has 0 aliphatic heterocycles. The fourth-order valence-electron chi connectivity index (χ4n) is 1.41. The average Bonchev–Trinajstić information content (AvgIpc) is 2.41. The topological polar surface area (TPSA) is 40.5 Å². The van der Waals surface area contributed by atoms with Crippen LogP contribution in [0.4, 0.5) is 0 Å². The Morgan fingerprint density at radius 2 is 1.65 bits per heavy atom. The molecule has 0 unspecified atom stereocenters. The third-order valence-electron chi connectivity index (χ3n) is 2.43. The zero-order chi connectivity index (χ0) is 16.4. The van der Waals surface area contributed by atoms with Crippen molar-refractivity contribution in [2.75, 3.05) is 13.2 Å². The SMILES string of the molecule is C=C(C)[C@H]1CC=C(C)CC1.C=CC.C=CC.OCCO. The Balaban J connectivity index is -0.000000242. The monoisotopic (exact) mass is 282 g/mol. The highest BCUT2D eigenvalue weighted by Crippen LogP contribution is 2.27. The molecule has 0 aromatic heterocycles. The molecular weight excluding hydrogens is 248 g/mol. The summed E-state index contributed by atoms with van der Waals surface area (Å²) in [4.78, 5) is 0. The van der Waals surface area contributed by atoms with E-state index >= 15 is 0 Å². The number of hydrogen-bond acceptors (Lipinski definition) is 2. The van der Waals surface area contributed by atoms with Crippen molar-refractivity contribution in [2.45, 2.75) is 47.0 Å². The minimum atomic E-state index is -0.125. The number of allylic oxidation sites excluding steroid dienone is 5. The van der Waals surface area contributed by atoms with Crippen molar-refractivity contribution < 1.29 is 10.2 Å². The van der Waals surface area contributed by atoms with Crippen molar-refractivity contribution in [3.63, 3.8) is 0 Å². The molecule has 2 nitrogen and oxygen atoms in total. The summed E-state index contributed by atoms with van der Waals surface area (Å²) in [6.45, 7) is 18.6. The van der Waals surface area contributed by atoms with Gasteiger partial charge in [-0.25, -0.2) is 0 Å². The number of aliphatic hydroxyl groups excluding tert-OH is 2. The van der Waals surface area contributed by atoms with Crippen molar-refractivity contribution >= 4 is 0 Å². The molecule has 0 aromatic carbocycles. The standard InChI is InChI=1S/C10H16.2C3H6.C2H6O2/c1-8(2)10-6-4-9(3)5-7-10;2*1-3-2;3-1-2-4/h4,10H,1,5-7H2,2-3H3;2*3H,1H2,2H3;3-4H,1-2H2/t10-;;;/m0.../s1. The van der Waals surface area contributed by atoms with E-state index in [1.165, 1.54) is 24.8 Å². The van der Waals surface area contributed by atoms with E-state index in [4.69, 9.17) is 10.2 Å². The lowest BCUT2D eigenvalue weighted by molar-refractivity contribution is 0.186. The van der Waals surface area contributed by atoms with Crippen LogP contribution in [0.25, 0.3) is 0 Å². The molecule has 2 N–H and O–H groups in total. The Hall–Kier alpha value is -1.12. The second-order valence-corrected chi connectivity index (χ2v) is 4.63. The van der Waals surface area contributed by atoms with E-state index in [9.17, 15) is 0 Å². The van der Waals surface area contributed by atoms with Crippen LogP contribution in [0.1, 0.15) is 47.0 Å². The smallest absolute Gasteiger partial charge is 0.0662 e. The number of rotatable bonds is 2. The lowest BCUT2D eigenvalue weighted by Gasteiger charge is -2.19. The van der Waals surface area contributed by atoms with Gasteiger partial charge in [-0.2, -0.15) is 0 Å². The van der Waals surface area contributed by atoms with Crippen molar-refractivity contribution in [1.82, 2.24) is 0 Å². The van der Waals surface area contributed by atoms with E-state index in [1.807, 2.05) is 13.8 Å². The van der Waals surface area contributed by atoms with Crippen LogP contribution >= 0.6 is 0 Å². The first-order valence-corrected chi connectivity index (χ1v) is 7.11. The van der Waals surface area contributed by atoms with E-state index in [2.05, 4.69) is 39.7 Å². The van der Waals surface area contributed by atoms with Crippen LogP contribution in [0, 0.1) is 5.92 Å². The van der Waals surface area contributed by atoms with Gasteiger partial charge in [-0.3, -0.25) is 0 Å². The largest absolute Gasteiger partial charge is 0.394 e. The molecule has 2 heteroatoms. The van der Waals surface area contributed by atoms with Gasteiger partial charge in [0.05, 0.1) is 13.2 Å². The Morgan fingerprint density at radius 3 is 1.85 bits per heavy atom. The predicted molar refractivity (Wildman–Crippen MR) is 91.8 cm³/mol. The van der Waals surface area contributed by atoms with Gasteiger partial charge in [0.25, 0.3) is 0 Å². The molecular formula is C18H34O2. The molecule has 0 saturated carbocycles. The lowest BCUT2D eigenvalue weighted by atomic mass is 9.86. The fourth-order valence-corrected chi connectivity index (χ4v) is 1.41. The van der Waals surface area contributed by atoms with Crippen molar-refractivity contribution in [3.05, 3.63) is 49.1 Å². The molecule has 20 heavy (non-hydrogen) atoms. The summed E-state index contributed by atoms with van der Waals surface area (Å²) in [6.07, 6.45) is 9.67. The van der Waals surface area contributed by atoms with Gasteiger partial charge in [-0.1, -0.05) is 36.0 Å². The maximum atomic E-state index is 7.62. The molecule has 0 aromatic rings. The molecule has 0 heterocycles. The molecule has 0 saturated heterocycles. The van der Waals surface area contributed by atoms with E-state index in [0.29, 0.717) is 0 Å². The normalized spacial score (nSPS) is 15.7. The summed E-state index contributed by atoms with van der Waals surface area (Å²) in [5, 5.41) is 15.2. The molecule has 1 aliphatic rings.